The fourth-order valence-electron chi connectivity index (χ4n) is 6.61. The van der Waals surface area contributed by atoms with E-state index >= 15 is 0 Å². The molecule has 0 nitrogen and oxygen atoms in total. The third kappa shape index (κ3) is 4.17. The van der Waals surface area contributed by atoms with Crippen molar-refractivity contribution >= 4 is 24.0 Å². The number of aryl methyl sites for hydroxylation is 1. The van der Waals surface area contributed by atoms with E-state index < -0.39 is 8.07 Å². The van der Waals surface area contributed by atoms with Gasteiger partial charge in [-0.25, -0.2) is 0 Å². The average molecular weight is 531 g/mol. The first-order valence-electron chi connectivity index (χ1n) is 12.2. The Labute approximate surface area is 221 Å². The minimum absolute atomic E-state index is 0. The molecule has 0 amide bonds. The number of benzene rings is 2. The van der Waals surface area contributed by atoms with Crippen LogP contribution in [0, 0.1) is 19.8 Å². The first-order chi connectivity index (χ1) is 15.0. The zero-order valence-electron chi connectivity index (χ0n) is 22.2. The molecule has 33 heavy (non-hydrogen) atoms. The molecule has 2 heteroatoms. The minimum Gasteiger partial charge on any atom is -0.145 e. The van der Waals surface area contributed by atoms with Crippen LogP contribution in [0.5, 0.6) is 0 Å². The quantitative estimate of drug-likeness (QED) is 0.234. The molecule has 1 aliphatic carbocycles. The normalized spacial score (nSPS) is 16.9. The van der Waals surface area contributed by atoms with Crippen LogP contribution in [0.4, 0.5) is 0 Å². The Bertz CT molecular complexity index is 1250. The summed E-state index contributed by atoms with van der Waals surface area (Å²) in [5.74, 6) is 1.07. The van der Waals surface area contributed by atoms with Gasteiger partial charge in [-0.2, -0.15) is 0 Å². The Morgan fingerprint density at radius 1 is 0.909 bits per heavy atom. The van der Waals surface area contributed by atoms with E-state index in [-0.39, 0.29) is 26.2 Å². The summed E-state index contributed by atoms with van der Waals surface area (Å²) in [4.78, 5) is 0. The maximum absolute atomic E-state index is 2.60. The average Bonchev–Trinajstić information content (AvgIpc) is 3.24. The summed E-state index contributed by atoms with van der Waals surface area (Å²) in [6.45, 7) is 24.2. The smallest absolute Gasteiger partial charge is 0.109 e. The molecule has 3 aromatic rings. The van der Waals surface area contributed by atoms with Crippen LogP contribution >= 0.6 is 0 Å². The van der Waals surface area contributed by atoms with Crippen molar-refractivity contribution in [2.24, 2.45) is 5.92 Å². The van der Waals surface area contributed by atoms with Gasteiger partial charge in [-0.1, -0.05) is 91.2 Å². The van der Waals surface area contributed by atoms with Crippen LogP contribution in [-0.2, 0) is 26.2 Å². The molecule has 1 unspecified atom stereocenters. The van der Waals surface area contributed by atoms with E-state index in [1.54, 1.807) is 27.1 Å². The van der Waals surface area contributed by atoms with Gasteiger partial charge in [0.05, 0.1) is 0 Å². The van der Waals surface area contributed by atoms with Crippen molar-refractivity contribution in [3.05, 3.63) is 81.1 Å². The molecule has 0 N–H and O–H groups in total. The number of rotatable bonds is 4. The van der Waals surface area contributed by atoms with Crippen LogP contribution in [0.2, 0.25) is 13.1 Å². The second kappa shape index (κ2) is 9.35. The van der Waals surface area contributed by atoms with Crippen LogP contribution in [0.3, 0.4) is 0 Å². The van der Waals surface area contributed by atoms with Crippen molar-refractivity contribution in [1.82, 2.24) is 0 Å². The molecule has 0 fully saturated rings. The van der Waals surface area contributed by atoms with Gasteiger partial charge in [0.1, 0.15) is 8.07 Å². The van der Waals surface area contributed by atoms with Crippen molar-refractivity contribution in [2.45, 2.75) is 74.4 Å². The SMILES string of the molecule is CC1=C(C)C(C)C([Si](C)(C)c2c(C)cc(-c3cc4ccccc4[cH-]3)c(C)c2C(C)C)=C1C.[Zr]. The summed E-state index contributed by atoms with van der Waals surface area (Å²) in [5.41, 5.74) is 12.0. The predicted molar refractivity (Wildman–Crippen MR) is 146 cm³/mol. The molecule has 4 rings (SSSR count). The summed E-state index contributed by atoms with van der Waals surface area (Å²) in [7, 11) is -1.86. The summed E-state index contributed by atoms with van der Waals surface area (Å²) in [6.07, 6.45) is 0. The van der Waals surface area contributed by atoms with Crippen LogP contribution in [0.1, 0.15) is 64.2 Å². The van der Waals surface area contributed by atoms with Gasteiger partial charge in [-0.3, -0.25) is 0 Å². The molecule has 0 aliphatic heterocycles. The van der Waals surface area contributed by atoms with Crippen molar-refractivity contribution in [3.8, 4) is 11.1 Å². The number of hydrogen-bond donors (Lipinski definition) is 0. The largest absolute Gasteiger partial charge is 0.145 e. The molecule has 0 bridgehead atoms. The summed E-state index contributed by atoms with van der Waals surface area (Å²) >= 11 is 0. The van der Waals surface area contributed by atoms with Gasteiger partial charge in [0, 0.05) is 26.2 Å². The van der Waals surface area contributed by atoms with Gasteiger partial charge in [0.2, 0.25) is 0 Å². The molecule has 0 radical (unpaired) electrons. The third-order valence-electron chi connectivity index (χ3n) is 8.28. The second-order valence-electron chi connectivity index (χ2n) is 10.9. The fourth-order valence-corrected chi connectivity index (χ4v) is 11.5. The van der Waals surface area contributed by atoms with Crippen LogP contribution in [0.25, 0.3) is 21.9 Å². The summed E-state index contributed by atoms with van der Waals surface area (Å²) < 4.78 is 0. The zero-order chi connectivity index (χ0) is 23.5. The van der Waals surface area contributed by atoms with E-state index in [0.29, 0.717) is 11.8 Å². The van der Waals surface area contributed by atoms with Gasteiger partial charge in [0.15, 0.2) is 0 Å². The molecule has 0 saturated carbocycles. The molecule has 0 spiro atoms. The van der Waals surface area contributed by atoms with Crippen molar-refractivity contribution < 1.29 is 26.2 Å². The van der Waals surface area contributed by atoms with Crippen molar-refractivity contribution in [3.63, 3.8) is 0 Å². The number of hydrogen-bond acceptors (Lipinski definition) is 0. The van der Waals surface area contributed by atoms with Gasteiger partial charge >= 0.3 is 0 Å². The molecule has 0 aromatic heterocycles. The Morgan fingerprint density at radius 2 is 1.55 bits per heavy atom. The van der Waals surface area contributed by atoms with E-state index in [1.165, 1.54) is 38.6 Å². The predicted octanol–water partition coefficient (Wildman–Crippen LogP) is 8.72. The van der Waals surface area contributed by atoms with E-state index in [2.05, 4.69) is 111 Å². The van der Waals surface area contributed by atoms with Crippen molar-refractivity contribution in [1.29, 1.82) is 0 Å². The second-order valence-corrected chi connectivity index (χ2v) is 15.2. The molecular weight excluding hydrogens is 492 g/mol. The van der Waals surface area contributed by atoms with E-state index in [1.807, 2.05) is 0 Å². The molecule has 0 saturated heterocycles. The van der Waals surface area contributed by atoms with Crippen LogP contribution < -0.4 is 5.19 Å². The van der Waals surface area contributed by atoms with Gasteiger partial charge in [0.25, 0.3) is 0 Å². The Morgan fingerprint density at radius 3 is 2.09 bits per heavy atom. The maximum Gasteiger partial charge on any atom is 0.109 e. The first-order valence-corrected chi connectivity index (χ1v) is 15.2. The van der Waals surface area contributed by atoms with Gasteiger partial charge in [-0.05, 0) is 62.8 Å². The van der Waals surface area contributed by atoms with Gasteiger partial charge in [-0.15, -0.1) is 34.5 Å². The Kier molecular flexibility index (Phi) is 7.43. The Balaban J connectivity index is 0.00000306. The monoisotopic (exact) mass is 529 g/mol. The molecule has 172 valence electrons. The van der Waals surface area contributed by atoms with Crippen LogP contribution in [-0.4, -0.2) is 8.07 Å². The standard InChI is InChI=1S/C31H39Si.Zr/c1-18(2)29-24(8)28(27-16-25-13-11-12-14-26(25)17-27)15-19(3)30(29)32(9,10)31-22(6)20(4)21(5)23(31)7;/h11-18,22H,1-10H3;/q-1;. The zero-order valence-corrected chi connectivity index (χ0v) is 25.7. The maximum atomic E-state index is 2.60. The van der Waals surface area contributed by atoms with E-state index in [9.17, 15) is 0 Å². The fraction of sp³-hybridized carbons (Fsp3) is 0.387. The van der Waals surface area contributed by atoms with E-state index in [0.717, 1.165) is 0 Å². The molecule has 3 aromatic carbocycles. The molecule has 1 aliphatic rings. The molecule has 0 heterocycles. The topological polar surface area (TPSA) is 0 Å². The number of allylic oxidation sites excluding steroid dienone is 4. The molecule has 1 atom stereocenters. The first kappa shape index (κ1) is 26.2. The summed E-state index contributed by atoms with van der Waals surface area (Å²) in [6, 6.07) is 15.9. The van der Waals surface area contributed by atoms with Crippen LogP contribution in [0.15, 0.2) is 64.4 Å². The van der Waals surface area contributed by atoms with E-state index in [4.69, 9.17) is 0 Å². The third-order valence-corrected chi connectivity index (χ3v) is 12.3. The number of fused-ring (bicyclic) bond motifs is 1. The van der Waals surface area contributed by atoms with Gasteiger partial charge < -0.3 is 0 Å². The van der Waals surface area contributed by atoms with Crippen molar-refractivity contribution in [2.75, 3.05) is 0 Å². The summed E-state index contributed by atoms with van der Waals surface area (Å²) in [5, 5.41) is 6.08. The minimum atomic E-state index is -1.86. The molecular formula is C31H39SiZr-. The Hall–Kier alpha value is -1.37.